The number of halogens is 5. The van der Waals surface area contributed by atoms with E-state index in [0.717, 1.165) is 47.0 Å². The van der Waals surface area contributed by atoms with Gasteiger partial charge in [0.15, 0.2) is 5.69 Å². The van der Waals surface area contributed by atoms with Gasteiger partial charge in [-0.15, -0.1) is 0 Å². The van der Waals surface area contributed by atoms with Crippen LogP contribution in [0.25, 0.3) is 16.8 Å². The molecule has 0 saturated carbocycles. The van der Waals surface area contributed by atoms with Crippen molar-refractivity contribution in [2.75, 3.05) is 13.6 Å². The van der Waals surface area contributed by atoms with Crippen LogP contribution in [0.5, 0.6) is 11.5 Å². The summed E-state index contributed by atoms with van der Waals surface area (Å²) in [5.41, 5.74) is -3.97. The molecule has 5 nitrogen and oxygen atoms in total. The Morgan fingerprint density at radius 2 is 1.89 bits per heavy atom. The number of alkyl halides is 5. The molecule has 0 aliphatic rings. The van der Waals surface area contributed by atoms with E-state index in [1.165, 1.54) is 0 Å². The minimum Gasteiger partial charge on any atom is -0.497 e. The molecule has 0 amide bonds. The molecular formula is C18H13F5N2O3. The second-order valence-corrected chi connectivity index (χ2v) is 5.56. The number of methoxy groups -OCH3 is 1. The van der Waals surface area contributed by atoms with Gasteiger partial charge in [0, 0.05) is 12.3 Å². The lowest BCUT2D eigenvalue weighted by Crippen LogP contribution is -2.24. The SMILES string of the molecule is [2H]C([2H])([2H])Oc1ccn2c(=O)c(-c3ccc(OCC(F)F)cc3)c(C(F)(F)F)nc2c1. The number of nitrogens with zero attached hydrogens (tertiary/aromatic N) is 2. The Balaban J connectivity index is 2.13. The average Bonchev–Trinajstić information content (AvgIpc) is 2.64. The molecule has 0 radical (unpaired) electrons. The van der Waals surface area contributed by atoms with Gasteiger partial charge < -0.3 is 9.47 Å². The lowest BCUT2D eigenvalue weighted by molar-refractivity contribution is -0.140. The fourth-order valence-electron chi connectivity index (χ4n) is 2.53. The predicted molar refractivity (Wildman–Crippen MR) is 90.0 cm³/mol. The Labute approximate surface area is 159 Å². The van der Waals surface area contributed by atoms with E-state index in [1.54, 1.807) is 0 Å². The van der Waals surface area contributed by atoms with Crippen molar-refractivity contribution in [3.05, 3.63) is 58.6 Å². The molecule has 0 saturated heterocycles. The van der Waals surface area contributed by atoms with Gasteiger partial charge in [-0.3, -0.25) is 9.20 Å². The molecule has 0 spiro atoms. The molecule has 28 heavy (non-hydrogen) atoms. The molecule has 2 aromatic heterocycles. The van der Waals surface area contributed by atoms with Crippen molar-refractivity contribution < 1.29 is 35.5 Å². The highest BCUT2D eigenvalue weighted by atomic mass is 19.4. The van der Waals surface area contributed by atoms with Crippen LogP contribution < -0.4 is 15.0 Å². The minimum absolute atomic E-state index is 0.0158. The van der Waals surface area contributed by atoms with E-state index in [2.05, 4.69) is 9.72 Å². The van der Waals surface area contributed by atoms with Gasteiger partial charge in [-0.25, -0.2) is 13.8 Å². The number of pyridine rings is 1. The first-order valence-electron chi connectivity index (χ1n) is 9.19. The molecule has 10 heteroatoms. The number of hydrogen-bond acceptors (Lipinski definition) is 4. The van der Waals surface area contributed by atoms with E-state index in [0.29, 0.717) is 0 Å². The van der Waals surface area contributed by atoms with Crippen molar-refractivity contribution in [2.24, 2.45) is 0 Å². The summed E-state index contributed by atoms with van der Waals surface area (Å²) in [5, 5.41) is 0. The van der Waals surface area contributed by atoms with Gasteiger partial charge >= 0.3 is 6.18 Å². The molecule has 0 bridgehead atoms. The van der Waals surface area contributed by atoms with Crippen molar-refractivity contribution in [1.82, 2.24) is 9.38 Å². The van der Waals surface area contributed by atoms with E-state index < -0.39 is 48.7 Å². The molecule has 148 valence electrons. The van der Waals surface area contributed by atoms with Gasteiger partial charge in [-0.1, -0.05) is 12.1 Å². The summed E-state index contributed by atoms with van der Waals surface area (Å²) in [5.74, 6) is -0.314. The highest BCUT2D eigenvalue weighted by Gasteiger charge is 2.38. The Bertz CT molecular complexity index is 1150. The molecule has 2 heterocycles. The number of rotatable bonds is 5. The van der Waals surface area contributed by atoms with Gasteiger partial charge in [-0.05, 0) is 23.8 Å². The summed E-state index contributed by atoms with van der Waals surface area (Å²) >= 11 is 0. The van der Waals surface area contributed by atoms with Crippen molar-refractivity contribution in [3.8, 4) is 22.6 Å². The van der Waals surface area contributed by atoms with Gasteiger partial charge in [0.1, 0.15) is 23.8 Å². The minimum atomic E-state index is -5.02. The molecule has 0 aliphatic carbocycles. The third-order valence-corrected chi connectivity index (χ3v) is 3.71. The maximum Gasteiger partial charge on any atom is 0.434 e. The number of ether oxygens (including phenoxy) is 2. The molecule has 3 rings (SSSR count). The topological polar surface area (TPSA) is 52.8 Å². The average molecular weight is 403 g/mol. The first-order valence-corrected chi connectivity index (χ1v) is 7.69. The molecule has 0 fully saturated rings. The molecule has 0 N–H and O–H groups in total. The predicted octanol–water partition coefficient (Wildman–Crippen LogP) is 4.03. The number of benzene rings is 1. The first kappa shape index (κ1) is 15.8. The van der Waals surface area contributed by atoms with Crippen LogP contribution in [-0.4, -0.2) is 29.5 Å². The molecule has 3 aromatic rings. The monoisotopic (exact) mass is 403 g/mol. The maximum atomic E-state index is 13.7. The summed E-state index contributed by atoms with van der Waals surface area (Å²) in [6.45, 7) is -0.895. The van der Waals surface area contributed by atoms with Gasteiger partial charge in [0.05, 0.1) is 16.7 Å². The third-order valence-electron chi connectivity index (χ3n) is 3.71. The standard InChI is InChI=1S/C18H13F5N2O3/c1-27-12-6-7-25-14(8-12)24-16(18(21,22)23)15(17(25)26)10-2-4-11(5-3-10)28-9-13(19)20/h2-8,13H,9H2,1H3/i1D3. The van der Waals surface area contributed by atoms with Crippen LogP contribution in [0.2, 0.25) is 0 Å². The zero-order chi connectivity index (χ0) is 23.0. The Kier molecular flexibility index (Phi) is 4.22. The highest BCUT2D eigenvalue weighted by Crippen LogP contribution is 2.35. The van der Waals surface area contributed by atoms with Crippen LogP contribution >= 0.6 is 0 Å². The lowest BCUT2D eigenvalue weighted by atomic mass is 10.0. The summed E-state index contributed by atoms with van der Waals surface area (Å²) in [6.07, 6.45) is -6.71. The number of fused-ring (bicyclic) bond motifs is 1. The van der Waals surface area contributed by atoms with Gasteiger partial charge in [-0.2, -0.15) is 13.2 Å². The zero-order valence-corrected chi connectivity index (χ0v) is 13.8. The van der Waals surface area contributed by atoms with Gasteiger partial charge in [0.25, 0.3) is 12.0 Å². The fourth-order valence-corrected chi connectivity index (χ4v) is 2.53. The van der Waals surface area contributed by atoms with E-state index in [1.807, 2.05) is 0 Å². The van der Waals surface area contributed by atoms with E-state index in [4.69, 9.17) is 8.85 Å². The molecular weight excluding hydrogens is 387 g/mol. The summed E-state index contributed by atoms with van der Waals surface area (Å²) < 4.78 is 96.9. The third kappa shape index (κ3) is 3.90. The van der Waals surface area contributed by atoms with Crippen molar-refractivity contribution in [2.45, 2.75) is 12.6 Å². The smallest absolute Gasteiger partial charge is 0.434 e. The largest absolute Gasteiger partial charge is 0.497 e. The van der Waals surface area contributed by atoms with E-state index in [9.17, 15) is 26.7 Å². The number of hydrogen-bond donors (Lipinski definition) is 0. The molecule has 1 aromatic carbocycles. The molecule has 0 atom stereocenters. The highest BCUT2D eigenvalue weighted by molar-refractivity contribution is 5.68. The molecule has 0 aliphatic heterocycles. The van der Waals surface area contributed by atoms with Crippen LogP contribution in [-0.2, 0) is 6.18 Å². The second kappa shape index (κ2) is 7.45. The van der Waals surface area contributed by atoms with Crippen molar-refractivity contribution in [1.29, 1.82) is 0 Å². The van der Waals surface area contributed by atoms with Gasteiger partial charge in [0.2, 0.25) is 0 Å². The van der Waals surface area contributed by atoms with E-state index in [-0.39, 0.29) is 17.1 Å². The van der Waals surface area contributed by atoms with Crippen molar-refractivity contribution >= 4 is 5.65 Å². The zero-order valence-electron chi connectivity index (χ0n) is 16.8. The number of aromatic nitrogens is 2. The van der Waals surface area contributed by atoms with Crippen LogP contribution in [0.4, 0.5) is 22.0 Å². The summed E-state index contributed by atoms with van der Waals surface area (Å²) in [7, 11) is -2.85. The Morgan fingerprint density at radius 3 is 2.50 bits per heavy atom. The summed E-state index contributed by atoms with van der Waals surface area (Å²) in [6, 6.07) is 6.54. The second-order valence-electron chi connectivity index (χ2n) is 5.56. The van der Waals surface area contributed by atoms with Crippen LogP contribution in [0.3, 0.4) is 0 Å². The molecule has 0 unspecified atom stereocenters. The fraction of sp³-hybridized carbons (Fsp3) is 0.222. The van der Waals surface area contributed by atoms with E-state index >= 15 is 0 Å². The quantitative estimate of drug-likeness (QED) is 0.604. The van der Waals surface area contributed by atoms with Crippen LogP contribution in [0.15, 0.2) is 47.4 Å². The normalized spacial score (nSPS) is 13.9. The lowest BCUT2D eigenvalue weighted by Gasteiger charge is -2.14. The maximum absolute atomic E-state index is 13.7. The first-order chi connectivity index (χ1) is 14.3. The van der Waals surface area contributed by atoms with Crippen LogP contribution in [0, 0.1) is 0 Å². The van der Waals surface area contributed by atoms with Crippen molar-refractivity contribution in [3.63, 3.8) is 0 Å². The summed E-state index contributed by atoms with van der Waals surface area (Å²) in [4.78, 5) is 16.3. The Hall–Kier alpha value is -3.17. The Morgan fingerprint density at radius 1 is 1.18 bits per heavy atom. The van der Waals surface area contributed by atoms with Crippen LogP contribution in [0.1, 0.15) is 9.81 Å².